The van der Waals surface area contributed by atoms with Gasteiger partial charge >= 0.3 is 0 Å². The van der Waals surface area contributed by atoms with Crippen LogP contribution in [-0.4, -0.2) is 5.91 Å². The summed E-state index contributed by atoms with van der Waals surface area (Å²) < 4.78 is 0. The first-order chi connectivity index (χ1) is 9.63. The zero-order chi connectivity index (χ0) is 15.0. The normalized spacial score (nSPS) is 11.4. The highest BCUT2D eigenvalue weighted by Gasteiger charge is 2.11. The molecule has 1 amide bonds. The Balaban J connectivity index is 0.000000612. The fraction of sp³-hybridized carbons (Fsp3) is 0.389. The smallest absolute Gasteiger partial charge is 0.227 e. The lowest BCUT2D eigenvalue weighted by Gasteiger charge is -2.12. The molecule has 0 saturated carbocycles. The Morgan fingerprint density at radius 3 is 2.30 bits per heavy atom. The minimum absolute atomic E-state index is 0.0500. The summed E-state index contributed by atoms with van der Waals surface area (Å²) in [7, 11) is 0. The lowest BCUT2D eigenvalue weighted by molar-refractivity contribution is -0.119. The number of benzene rings is 2. The first-order valence-electron chi connectivity index (χ1n) is 7.42. The van der Waals surface area contributed by atoms with Crippen molar-refractivity contribution in [2.24, 2.45) is 5.92 Å². The monoisotopic (exact) mass is 271 g/mol. The van der Waals surface area contributed by atoms with Crippen LogP contribution in [0.5, 0.6) is 0 Å². The van der Waals surface area contributed by atoms with Crippen LogP contribution < -0.4 is 5.32 Å². The minimum Gasteiger partial charge on any atom is -0.325 e. The van der Waals surface area contributed by atoms with Crippen LogP contribution in [0.25, 0.3) is 10.8 Å². The average molecular weight is 271 g/mol. The molecule has 0 aliphatic heterocycles. The number of nitrogens with one attached hydrogen (secondary N) is 1. The third-order valence-electron chi connectivity index (χ3n) is 3.11. The van der Waals surface area contributed by atoms with Crippen molar-refractivity contribution in [2.45, 2.75) is 40.5 Å². The van der Waals surface area contributed by atoms with E-state index < -0.39 is 0 Å². The van der Waals surface area contributed by atoms with Crippen LogP contribution in [0.15, 0.2) is 42.5 Å². The Labute approximate surface area is 122 Å². The van der Waals surface area contributed by atoms with Crippen LogP contribution in [-0.2, 0) is 4.79 Å². The topological polar surface area (TPSA) is 29.1 Å². The number of anilines is 1. The summed E-state index contributed by atoms with van der Waals surface area (Å²) >= 11 is 0. The van der Waals surface area contributed by atoms with Crippen molar-refractivity contribution in [3.63, 3.8) is 0 Å². The second-order valence-electron chi connectivity index (χ2n) is 5.03. The van der Waals surface area contributed by atoms with Gasteiger partial charge in [0.25, 0.3) is 0 Å². The SMILES string of the molecule is CCC.CCC(C)C(=O)Nc1cccc2ccccc12. The van der Waals surface area contributed by atoms with Crippen molar-refractivity contribution in [2.75, 3.05) is 5.32 Å². The number of rotatable bonds is 3. The van der Waals surface area contributed by atoms with Gasteiger partial charge in [-0.1, -0.05) is 70.5 Å². The summed E-state index contributed by atoms with van der Waals surface area (Å²) in [6.45, 7) is 8.22. The Bertz CT molecular complexity index is 543. The highest BCUT2D eigenvalue weighted by Crippen LogP contribution is 2.23. The molecule has 0 aliphatic rings. The molecular weight excluding hydrogens is 246 g/mol. The molecule has 2 nitrogen and oxygen atoms in total. The summed E-state index contributed by atoms with van der Waals surface area (Å²) in [5.41, 5.74) is 0.897. The molecule has 2 heteroatoms. The maximum Gasteiger partial charge on any atom is 0.227 e. The van der Waals surface area contributed by atoms with Gasteiger partial charge in [0.15, 0.2) is 0 Å². The van der Waals surface area contributed by atoms with Gasteiger partial charge in [-0.2, -0.15) is 0 Å². The molecule has 0 spiro atoms. The molecule has 2 rings (SSSR count). The van der Waals surface area contributed by atoms with Crippen molar-refractivity contribution >= 4 is 22.4 Å². The molecule has 0 heterocycles. The molecule has 0 bridgehead atoms. The van der Waals surface area contributed by atoms with Crippen LogP contribution in [0, 0.1) is 5.92 Å². The van der Waals surface area contributed by atoms with E-state index in [1.807, 2.05) is 56.3 Å². The Hall–Kier alpha value is -1.83. The number of carbonyl (C=O) groups is 1. The van der Waals surface area contributed by atoms with Gasteiger partial charge in [0, 0.05) is 17.0 Å². The molecule has 1 N–H and O–H groups in total. The predicted molar refractivity (Wildman–Crippen MR) is 88.0 cm³/mol. The molecule has 0 aliphatic carbocycles. The average Bonchev–Trinajstić information content (AvgIpc) is 2.47. The van der Waals surface area contributed by atoms with Gasteiger partial charge in [0.2, 0.25) is 5.91 Å². The van der Waals surface area contributed by atoms with E-state index in [-0.39, 0.29) is 11.8 Å². The number of amides is 1. The fourth-order valence-corrected chi connectivity index (χ4v) is 1.78. The van der Waals surface area contributed by atoms with E-state index >= 15 is 0 Å². The number of hydrogen-bond acceptors (Lipinski definition) is 1. The summed E-state index contributed by atoms with van der Waals surface area (Å²) in [4.78, 5) is 11.9. The van der Waals surface area contributed by atoms with Crippen molar-refractivity contribution in [3.05, 3.63) is 42.5 Å². The van der Waals surface area contributed by atoms with E-state index in [0.29, 0.717) is 0 Å². The quantitative estimate of drug-likeness (QED) is 0.812. The van der Waals surface area contributed by atoms with Crippen LogP contribution in [0.1, 0.15) is 40.5 Å². The summed E-state index contributed by atoms with van der Waals surface area (Å²) in [5.74, 6) is 0.137. The highest BCUT2D eigenvalue weighted by atomic mass is 16.1. The fourth-order valence-electron chi connectivity index (χ4n) is 1.78. The molecule has 0 saturated heterocycles. The van der Waals surface area contributed by atoms with E-state index in [2.05, 4.69) is 19.2 Å². The maximum atomic E-state index is 11.9. The maximum absolute atomic E-state index is 11.9. The van der Waals surface area contributed by atoms with E-state index in [4.69, 9.17) is 0 Å². The Morgan fingerprint density at radius 2 is 1.65 bits per heavy atom. The lowest BCUT2D eigenvalue weighted by Crippen LogP contribution is -2.19. The number of carbonyl (C=O) groups excluding carboxylic acids is 1. The molecule has 1 atom stereocenters. The highest BCUT2D eigenvalue weighted by molar-refractivity contribution is 6.02. The largest absolute Gasteiger partial charge is 0.325 e. The first-order valence-corrected chi connectivity index (χ1v) is 7.42. The second kappa shape index (κ2) is 8.36. The Morgan fingerprint density at radius 1 is 1.05 bits per heavy atom. The number of fused-ring (bicyclic) bond motifs is 1. The molecule has 2 aromatic rings. The molecule has 2 aromatic carbocycles. The van der Waals surface area contributed by atoms with Gasteiger partial charge in [-0.05, 0) is 17.9 Å². The molecule has 1 unspecified atom stereocenters. The predicted octanol–water partition coefficient (Wildman–Crippen LogP) is 5.24. The number of hydrogen-bond donors (Lipinski definition) is 1. The van der Waals surface area contributed by atoms with Crippen molar-refractivity contribution in [3.8, 4) is 0 Å². The summed E-state index contributed by atoms with van der Waals surface area (Å²) in [6, 6.07) is 14.0. The van der Waals surface area contributed by atoms with Crippen LogP contribution in [0.4, 0.5) is 5.69 Å². The standard InChI is InChI=1S/C15H17NO.C3H8/c1-3-11(2)15(17)16-14-10-6-8-12-7-4-5-9-13(12)14;1-3-2/h4-11H,3H2,1-2H3,(H,16,17);3H2,1-2H3. The van der Waals surface area contributed by atoms with E-state index in [1.165, 1.54) is 6.42 Å². The molecule has 0 fully saturated rings. The summed E-state index contributed by atoms with van der Waals surface area (Å²) in [5, 5.41) is 5.23. The van der Waals surface area contributed by atoms with Gasteiger partial charge in [-0.15, -0.1) is 0 Å². The second-order valence-corrected chi connectivity index (χ2v) is 5.03. The summed E-state index contributed by atoms with van der Waals surface area (Å²) in [6.07, 6.45) is 2.11. The van der Waals surface area contributed by atoms with Gasteiger partial charge < -0.3 is 5.32 Å². The van der Waals surface area contributed by atoms with E-state index in [1.54, 1.807) is 0 Å². The molecular formula is C18H25NO. The van der Waals surface area contributed by atoms with Gasteiger partial charge in [-0.25, -0.2) is 0 Å². The third kappa shape index (κ3) is 4.37. The van der Waals surface area contributed by atoms with Crippen LogP contribution in [0.2, 0.25) is 0 Å². The lowest BCUT2D eigenvalue weighted by atomic mass is 10.1. The molecule has 108 valence electrons. The van der Waals surface area contributed by atoms with Gasteiger partial charge in [0.1, 0.15) is 0 Å². The zero-order valence-corrected chi connectivity index (χ0v) is 12.9. The van der Waals surface area contributed by atoms with E-state index in [9.17, 15) is 4.79 Å². The molecule has 0 aromatic heterocycles. The van der Waals surface area contributed by atoms with Crippen molar-refractivity contribution in [1.82, 2.24) is 0 Å². The molecule has 20 heavy (non-hydrogen) atoms. The first kappa shape index (κ1) is 16.2. The van der Waals surface area contributed by atoms with Crippen molar-refractivity contribution < 1.29 is 4.79 Å². The van der Waals surface area contributed by atoms with Crippen LogP contribution >= 0.6 is 0 Å². The minimum atomic E-state index is 0.0500. The van der Waals surface area contributed by atoms with Gasteiger partial charge in [-0.3, -0.25) is 4.79 Å². The van der Waals surface area contributed by atoms with Gasteiger partial charge in [0.05, 0.1) is 0 Å². The molecule has 0 radical (unpaired) electrons. The van der Waals surface area contributed by atoms with Crippen LogP contribution in [0.3, 0.4) is 0 Å². The van der Waals surface area contributed by atoms with Crippen molar-refractivity contribution in [1.29, 1.82) is 0 Å². The van der Waals surface area contributed by atoms with E-state index in [0.717, 1.165) is 22.9 Å². The zero-order valence-electron chi connectivity index (χ0n) is 12.9. The Kier molecular flexibility index (Phi) is 6.78. The third-order valence-corrected chi connectivity index (χ3v) is 3.11.